The van der Waals surface area contributed by atoms with Gasteiger partial charge in [0.05, 0.1) is 0 Å². The van der Waals surface area contributed by atoms with Gasteiger partial charge < -0.3 is 9.99 Å². The summed E-state index contributed by atoms with van der Waals surface area (Å²) in [6.45, 7) is 3.77. The molecule has 0 saturated heterocycles. The second-order valence-electron chi connectivity index (χ2n) is 5.90. The first-order valence-electron chi connectivity index (χ1n) is 8.85. The molecule has 1 radical (unpaired) electrons. The topological polar surface area (TPSA) is 55.8 Å². The van der Waals surface area contributed by atoms with Crippen LogP contribution in [-0.4, -0.2) is 11.1 Å². The van der Waals surface area contributed by atoms with Crippen LogP contribution in [0.3, 0.4) is 0 Å². The number of para-hydroxylation sites is 1. The fourth-order valence-corrected chi connectivity index (χ4v) is 2.38. The summed E-state index contributed by atoms with van der Waals surface area (Å²) in [5.41, 5.74) is 0. The zero-order chi connectivity index (χ0) is 17.5. The van der Waals surface area contributed by atoms with Gasteiger partial charge in [0.1, 0.15) is 6.61 Å². The summed E-state index contributed by atoms with van der Waals surface area (Å²) in [5, 5.41) is 8.79. The molecule has 0 aliphatic carbocycles. The lowest BCUT2D eigenvalue weighted by molar-refractivity contribution is -0.180. The van der Waals surface area contributed by atoms with Crippen LogP contribution in [0, 0.1) is 12.5 Å². The molecule has 24 heavy (non-hydrogen) atoms. The van der Waals surface area contributed by atoms with E-state index in [1.165, 1.54) is 32.1 Å². The zero-order valence-corrected chi connectivity index (χ0v) is 14.5. The number of hydrogen-bond donors (Lipinski definition) is 1. The van der Waals surface area contributed by atoms with Crippen LogP contribution in [0.15, 0.2) is 42.5 Å². The van der Waals surface area contributed by atoms with Crippen molar-refractivity contribution < 1.29 is 19.7 Å². The number of carboxylic acids is 1. The lowest BCUT2D eigenvalue weighted by atomic mass is 10.00. The minimum Gasteiger partial charge on any atom is -0.478 e. The van der Waals surface area contributed by atoms with Crippen LogP contribution in [-0.2, 0) is 9.68 Å². The highest BCUT2D eigenvalue weighted by molar-refractivity contribution is 5.79. The summed E-state index contributed by atoms with van der Waals surface area (Å²) in [7, 11) is 0. The first kappa shape index (κ1) is 20.2. The van der Waals surface area contributed by atoms with E-state index in [-0.39, 0.29) is 5.92 Å². The average Bonchev–Trinajstić information content (AvgIpc) is 2.59. The Balaban J connectivity index is 2.25. The molecule has 1 unspecified atom stereocenters. The minimum atomic E-state index is -0.947. The number of unbranched alkanes of at least 4 members (excludes halogenated alkanes) is 6. The van der Waals surface area contributed by atoms with Gasteiger partial charge in [-0.1, -0.05) is 76.1 Å². The Morgan fingerprint density at radius 2 is 1.75 bits per heavy atom. The lowest BCUT2D eigenvalue weighted by Crippen LogP contribution is -2.05. The van der Waals surface area contributed by atoms with E-state index >= 15 is 0 Å². The van der Waals surface area contributed by atoms with Gasteiger partial charge in [-0.25, -0.2) is 4.79 Å². The van der Waals surface area contributed by atoms with Crippen LogP contribution in [0.25, 0.3) is 0 Å². The van der Waals surface area contributed by atoms with Crippen LogP contribution in [0.2, 0.25) is 0 Å². The number of benzene rings is 1. The van der Waals surface area contributed by atoms with Crippen molar-refractivity contribution in [1.29, 1.82) is 0 Å². The molecule has 4 nitrogen and oxygen atoms in total. The first-order chi connectivity index (χ1) is 11.7. The molecule has 0 fully saturated rings. The molecule has 0 aliphatic heterocycles. The van der Waals surface area contributed by atoms with E-state index < -0.39 is 5.97 Å². The van der Waals surface area contributed by atoms with Crippen molar-refractivity contribution in [2.45, 2.75) is 58.3 Å². The first-order valence-corrected chi connectivity index (χ1v) is 8.85. The van der Waals surface area contributed by atoms with Gasteiger partial charge in [-0.2, -0.15) is 4.89 Å². The maximum absolute atomic E-state index is 10.7. The Hall–Kier alpha value is -1.81. The molecule has 4 heteroatoms. The maximum atomic E-state index is 10.7. The van der Waals surface area contributed by atoms with Gasteiger partial charge in [-0.05, 0) is 18.6 Å². The maximum Gasteiger partial charge on any atom is 0.327 e. The molecule has 0 heterocycles. The van der Waals surface area contributed by atoms with E-state index in [1.807, 2.05) is 18.2 Å². The number of carboxylic acid groups (broad SMARTS) is 1. The summed E-state index contributed by atoms with van der Waals surface area (Å²) < 4.78 is 0. The fraction of sp³-hybridized carbons (Fsp3) is 0.500. The van der Waals surface area contributed by atoms with E-state index in [1.54, 1.807) is 24.8 Å². The summed E-state index contributed by atoms with van der Waals surface area (Å²) in [6, 6.07) is 9.21. The van der Waals surface area contributed by atoms with Gasteiger partial charge in [-0.15, -0.1) is 0 Å². The normalized spacial score (nSPS) is 12.4. The average molecular weight is 333 g/mol. The largest absolute Gasteiger partial charge is 0.478 e. The van der Waals surface area contributed by atoms with E-state index in [2.05, 4.69) is 6.92 Å². The molecule has 0 spiro atoms. The molecule has 0 bridgehead atoms. The summed E-state index contributed by atoms with van der Waals surface area (Å²) >= 11 is 0. The van der Waals surface area contributed by atoms with E-state index in [0.29, 0.717) is 5.75 Å². The molecule has 1 rings (SSSR count). The quantitative estimate of drug-likeness (QED) is 0.210. The molecule has 0 aromatic heterocycles. The molecule has 0 amide bonds. The molecule has 0 aliphatic rings. The van der Waals surface area contributed by atoms with E-state index in [9.17, 15) is 4.79 Å². The van der Waals surface area contributed by atoms with Crippen LogP contribution in [0.1, 0.15) is 58.3 Å². The second kappa shape index (κ2) is 13.6. The Labute approximate surface area is 145 Å². The van der Waals surface area contributed by atoms with Crippen molar-refractivity contribution in [3.05, 3.63) is 49.1 Å². The third-order valence-electron chi connectivity index (χ3n) is 3.74. The van der Waals surface area contributed by atoms with Gasteiger partial charge >= 0.3 is 5.97 Å². The van der Waals surface area contributed by atoms with Crippen LogP contribution >= 0.6 is 0 Å². The van der Waals surface area contributed by atoms with Gasteiger partial charge in [0.2, 0.25) is 0 Å². The molecular formula is C20H29O4. The molecule has 1 N–H and O–H groups in total. The van der Waals surface area contributed by atoms with Gasteiger partial charge in [-0.3, -0.25) is 0 Å². The van der Waals surface area contributed by atoms with Crippen LogP contribution in [0.4, 0.5) is 0 Å². The predicted octanol–water partition coefficient (Wildman–Crippen LogP) is 5.56. The van der Waals surface area contributed by atoms with Gasteiger partial charge in [0.15, 0.2) is 5.75 Å². The van der Waals surface area contributed by atoms with Gasteiger partial charge in [0.25, 0.3) is 0 Å². The van der Waals surface area contributed by atoms with Crippen molar-refractivity contribution >= 4 is 5.97 Å². The van der Waals surface area contributed by atoms with Crippen LogP contribution < -0.4 is 4.89 Å². The van der Waals surface area contributed by atoms with Crippen LogP contribution in [0.5, 0.6) is 5.75 Å². The van der Waals surface area contributed by atoms with Crippen molar-refractivity contribution in [2.24, 2.45) is 5.92 Å². The minimum absolute atomic E-state index is 0.0690. The SMILES string of the molecule is CCCCCCCCCC([CH]OOc1ccccc1)C=CC(=O)O. The molecular weight excluding hydrogens is 304 g/mol. The number of aliphatic carboxylic acids is 1. The second-order valence-corrected chi connectivity index (χ2v) is 5.90. The summed E-state index contributed by atoms with van der Waals surface area (Å²) in [6.07, 6.45) is 12.3. The van der Waals surface area contributed by atoms with Crippen molar-refractivity contribution in [3.8, 4) is 5.75 Å². The number of carbonyl (C=O) groups is 1. The Morgan fingerprint density at radius 1 is 1.08 bits per heavy atom. The third kappa shape index (κ3) is 10.8. The Kier molecular flexibility index (Phi) is 11.5. The summed E-state index contributed by atoms with van der Waals surface area (Å²) in [5.74, 6) is -0.400. The smallest absolute Gasteiger partial charge is 0.327 e. The van der Waals surface area contributed by atoms with Gasteiger partial charge in [0, 0.05) is 12.0 Å². The highest BCUT2D eigenvalue weighted by Gasteiger charge is 2.08. The summed E-state index contributed by atoms with van der Waals surface area (Å²) in [4.78, 5) is 21.0. The zero-order valence-electron chi connectivity index (χ0n) is 14.5. The van der Waals surface area contributed by atoms with Crippen molar-refractivity contribution in [1.82, 2.24) is 0 Å². The monoisotopic (exact) mass is 333 g/mol. The van der Waals surface area contributed by atoms with E-state index in [4.69, 9.17) is 14.9 Å². The van der Waals surface area contributed by atoms with E-state index in [0.717, 1.165) is 25.3 Å². The molecule has 0 saturated carbocycles. The molecule has 1 aromatic rings. The predicted molar refractivity (Wildman–Crippen MR) is 95.3 cm³/mol. The Morgan fingerprint density at radius 3 is 2.42 bits per heavy atom. The fourth-order valence-electron chi connectivity index (χ4n) is 2.38. The Bertz CT molecular complexity index is 456. The highest BCUT2D eigenvalue weighted by Crippen LogP contribution is 2.18. The standard InChI is InChI=1S/C20H29O4/c1-2-3-4-5-6-7-9-12-18(15-16-20(21)22)17-23-24-19-13-10-8-11-14-19/h8,10-11,13-18H,2-7,9,12H2,1H3,(H,21,22). The molecule has 133 valence electrons. The third-order valence-corrected chi connectivity index (χ3v) is 3.74. The molecule has 1 atom stereocenters. The highest BCUT2D eigenvalue weighted by atomic mass is 17.2. The molecule has 1 aromatic carbocycles. The van der Waals surface area contributed by atoms with Crippen molar-refractivity contribution in [2.75, 3.05) is 0 Å². The number of hydrogen-bond acceptors (Lipinski definition) is 3. The van der Waals surface area contributed by atoms with Crippen molar-refractivity contribution in [3.63, 3.8) is 0 Å². The number of rotatable bonds is 14. The lowest BCUT2D eigenvalue weighted by Gasteiger charge is -2.12.